The molecule has 48 heavy (non-hydrogen) atoms. The van der Waals surface area contributed by atoms with Gasteiger partial charge >= 0.3 is 0 Å². The van der Waals surface area contributed by atoms with E-state index in [2.05, 4.69) is 181 Å². The molecule has 0 spiro atoms. The highest BCUT2D eigenvalue weighted by Gasteiger charge is 2.16. The number of rotatable bonds is 9. The molecule has 0 unspecified atom stereocenters. The fourth-order valence-electron chi connectivity index (χ4n) is 6.21. The number of nitrogens with zero attached hydrogens (tertiary/aromatic N) is 1. The van der Waals surface area contributed by atoms with Crippen molar-refractivity contribution in [2.24, 2.45) is 0 Å². The second kappa shape index (κ2) is 13.1. The van der Waals surface area contributed by atoms with Crippen LogP contribution in [0.4, 0.5) is 17.1 Å². The van der Waals surface area contributed by atoms with Crippen molar-refractivity contribution in [2.75, 3.05) is 4.90 Å². The second-order valence-corrected chi connectivity index (χ2v) is 12.9. The van der Waals surface area contributed by atoms with Crippen LogP contribution in [0.15, 0.2) is 176 Å². The number of fused-ring (bicyclic) bond motifs is 3. The van der Waals surface area contributed by atoms with Crippen LogP contribution in [0.25, 0.3) is 48.5 Å². The fraction of sp³-hybridized carbons (Fsp3) is 0.0222. The Morgan fingerprint density at radius 2 is 1.06 bits per heavy atom. The van der Waals surface area contributed by atoms with E-state index in [1.165, 1.54) is 42.4 Å². The van der Waals surface area contributed by atoms with Gasteiger partial charge in [0, 0.05) is 37.2 Å². The molecule has 0 atom stereocenters. The first-order valence-electron chi connectivity index (χ1n) is 16.1. The van der Waals surface area contributed by atoms with Crippen molar-refractivity contribution in [1.29, 1.82) is 0 Å². The molecule has 0 aliphatic rings. The zero-order valence-electron chi connectivity index (χ0n) is 26.4. The summed E-state index contributed by atoms with van der Waals surface area (Å²) in [6, 6.07) is 60.4. The highest BCUT2D eigenvalue weighted by Crippen LogP contribution is 2.42. The smallest absolute Gasteiger partial charge is 0.121 e. The Kier molecular flexibility index (Phi) is 8.03. The highest BCUT2D eigenvalue weighted by atomic mass is 32.1. The van der Waals surface area contributed by atoms with Crippen molar-refractivity contribution in [3.05, 3.63) is 188 Å². The maximum absolute atomic E-state index is 6.20. The van der Waals surface area contributed by atoms with Crippen LogP contribution < -0.4 is 9.64 Å². The van der Waals surface area contributed by atoms with E-state index < -0.39 is 0 Å². The van der Waals surface area contributed by atoms with Gasteiger partial charge in [-0.15, -0.1) is 11.3 Å². The number of ether oxygens (including phenoxy) is 1. The van der Waals surface area contributed by atoms with Crippen LogP contribution in [0.2, 0.25) is 0 Å². The third kappa shape index (κ3) is 6.00. The van der Waals surface area contributed by atoms with Crippen LogP contribution >= 0.6 is 11.3 Å². The molecule has 1 heterocycles. The fourth-order valence-corrected chi connectivity index (χ4v) is 7.32. The number of thiophene rings is 1. The summed E-state index contributed by atoms with van der Waals surface area (Å²) in [4.78, 5) is 2.35. The number of hydrogen-bond donors (Lipinski definition) is 0. The van der Waals surface area contributed by atoms with Gasteiger partial charge in [0.15, 0.2) is 0 Å². The SMILES string of the molecule is C=Cc1ccc(COc2ccc3c(c2)sc2ccc(N(c4ccc(-c5ccccc5)cc4)c4ccc(-c5ccccc5)cc4)cc23)cc1. The van der Waals surface area contributed by atoms with Crippen molar-refractivity contribution in [3.63, 3.8) is 0 Å². The Morgan fingerprint density at radius 1 is 0.500 bits per heavy atom. The lowest BCUT2D eigenvalue weighted by Gasteiger charge is -2.26. The van der Waals surface area contributed by atoms with Crippen molar-refractivity contribution in [1.82, 2.24) is 0 Å². The van der Waals surface area contributed by atoms with E-state index in [4.69, 9.17) is 4.74 Å². The summed E-state index contributed by atoms with van der Waals surface area (Å²) in [6.45, 7) is 4.37. The Balaban J connectivity index is 1.15. The van der Waals surface area contributed by atoms with E-state index in [-0.39, 0.29) is 0 Å². The molecule has 0 fully saturated rings. The summed E-state index contributed by atoms with van der Waals surface area (Å²) in [7, 11) is 0. The van der Waals surface area contributed by atoms with Gasteiger partial charge in [-0.2, -0.15) is 0 Å². The zero-order chi connectivity index (χ0) is 32.3. The summed E-state index contributed by atoms with van der Waals surface area (Å²) < 4.78 is 8.67. The van der Waals surface area contributed by atoms with Crippen LogP contribution in [0.1, 0.15) is 11.1 Å². The van der Waals surface area contributed by atoms with Gasteiger partial charge in [0.25, 0.3) is 0 Å². The predicted molar refractivity (Wildman–Crippen MR) is 206 cm³/mol. The first-order valence-corrected chi connectivity index (χ1v) is 17.0. The topological polar surface area (TPSA) is 12.5 Å². The molecule has 0 radical (unpaired) electrons. The van der Waals surface area contributed by atoms with Crippen molar-refractivity contribution in [2.45, 2.75) is 6.61 Å². The van der Waals surface area contributed by atoms with E-state index >= 15 is 0 Å². The quantitative estimate of drug-likeness (QED) is 0.156. The molecule has 3 heteroatoms. The molecule has 0 aliphatic carbocycles. The Hall–Kier alpha value is -5.90. The molecular formula is C45H33NOS. The van der Waals surface area contributed by atoms with Crippen molar-refractivity contribution >= 4 is 54.6 Å². The molecule has 0 N–H and O–H groups in total. The molecule has 0 aliphatic heterocycles. The normalized spacial score (nSPS) is 11.1. The first kappa shape index (κ1) is 29.5. The molecule has 2 nitrogen and oxygen atoms in total. The largest absolute Gasteiger partial charge is 0.489 e. The van der Waals surface area contributed by atoms with Crippen molar-refractivity contribution < 1.29 is 4.74 Å². The Labute approximate surface area is 285 Å². The van der Waals surface area contributed by atoms with E-state index in [1.54, 1.807) is 11.3 Å². The number of benzene rings is 7. The zero-order valence-corrected chi connectivity index (χ0v) is 27.2. The number of anilines is 3. The van der Waals surface area contributed by atoms with Gasteiger partial charge in [0.05, 0.1) is 0 Å². The van der Waals surface area contributed by atoms with Gasteiger partial charge in [-0.05, 0) is 94.0 Å². The molecule has 7 aromatic carbocycles. The Morgan fingerprint density at radius 3 is 1.65 bits per heavy atom. The molecular weight excluding hydrogens is 603 g/mol. The van der Waals surface area contributed by atoms with Gasteiger partial charge in [-0.1, -0.05) is 122 Å². The van der Waals surface area contributed by atoms with E-state index in [9.17, 15) is 0 Å². The summed E-state index contributed by atoms with van der Waals surface area (Å²) in [5, 5.41) is 2.48. The van der Waals surface area contributed by atoms with Gasteiger partial charge < -0.3 is 9.64 Å². The van der Waals surface area contributed by atoms with E-state index in [1.807, 2.05) is 6.08 Å². The molecule has 0 saturated carbocycles. The lowest BCUT2D eigenvalue weighted by Crippen LogP contribution is -2.09. The van der Waals surface area contributed by atoms with E-state index in [0.717, 1.165) is 33.9 Å². The molecule has 8 aromatic rings. The lowest BCUT2D eigenvalue weighted by atomic mass is 10.0. The molecule has 1 aromatic heterocycles. The molecule has 0 bridgehead atoms. The standard InChI is InChI=1S/C45H33NOS/c1-2-32-13-15-33(16-14-32)31-47-41-26-27-42-43-29-40(25-28-44(43)48-45(42)30-41)46(38-21-17-36(18-22-38)34-9-5-3-6-10-34)39-23-19-37(20-24-39)35-11-7-4-8-12-35/h2-30H,1,31H2. The first-order chi connectivity index (χ1) is 23.7. The van der Waals surface area contributed by atoms with Crippen LogP contribution in [0.5, 0.6) is 5.75 Å². The third-order valence-corrected chi connectivity index (χ3v) is 9.90. The molecule has 0 saturated heterocycles. The van der Waals surface area contributed by atoms with Crippen LogP contribution in [-0.4, -0.2) is 0 Å². The summed E-state index contributed by atoms with van der Waals surface area (Å²) in [6.07, 6.45) is 1.86. The minimum absolute atomic E-state index is 0.527. The van der Waals surface area contributed by atoms with Gasteiger partial charge in [0.1, 0.15) is 12.4 Å². The average Bonchev–Trinajstić information content (AvgIpc) is 3.53. The lowest BCUT2D eigenvalue weighted by molar-refractivity contribution is 0.306. The predicted octanol–water partition coefficient (Wildman–Crippen LogP) is 13.1. The van der Waals surface area contributed by atoms with Crippen LogP contribution in [0, 0.1) is 0 Å². The minimum Gasteiger partial charge on any atom is -0.489 e. The van der Waals surface area contributed by atoms with Gasteiger partial charge in [-0.3, -0.25) is 0 Å². The van der Waals surface area contributed by atoms with E-state index in [0.29, 0.717) is 6.61 Å². The maximum atomic E-state index is 6.20. The minimum atomic E-state index is 0.527. The summed E-state index contributed by atoms with van der Waals surface area (Å²) in [5.74, 6) is 0.876. The van der Waals surface area contributed by atoms with Crippen molar-refractivity contribution in [3.8, 4) is 28.0 Å². The summed E-state index contributed by atoms with van der Waals surface area (Å²) >= 11 is 1.80. The maximum Gasteiger partial charge on any atom is 0.121 e. The average molecular weight is 636 g/mol. The Bertz CT molecular complexity index is 2240. The summed E-state index contributed by atoms with van der Waals surface area (Å²) in [5.41, 5.74) is 10.4. The van der Waals surface area contributed by atoms with Gasteiger partial charge in [-0.25, -0.2) is 0 Å². The third-order valence-electron chi connectivity index (χ3n) is 8.77. The highest BCUT2D eigenvalue weighted by molar-refractivity contribution is 7.25. The monoisotopic (exact) mass is 635 g/mol. The van der Waals surface area contributed by atoms with Crippen LogP contribution in [-0.2, 0) is 6.61 Å². The molecule has 0 amide bonds. The van der Waals surface area contributed by atoms with Crippen LogP contribution in [0.3, 0.4) is 0 Å². The van der Waals surface area contributed by atoms with Gasteiger partial charge in [0.2, 0.25) is 0 Å². The number of hydrogen-bond acceptors (Lipinski definition) is 3. The molecule has 230 valence electrons. The second-order valence-electron chi connectivity index (χ2n) is 11.8. The molecule has 8 rings (SSSR count).